The fourth-order valence-corrected chi connectivity index (χ4v) is 2.50. The summed E-state index contributed by atoms with van der Waals surface area (Å²) in [4.78, 5) is 15.1. The number of ether oxygens (including phenoxy) is 1. The molecule has 0 aromatic carbocycles. The molecule has 0 unspecified atom stereocenters. The molecule has 2 aromatic heterocycles. The fourth-order valence-electron chi connectivity index (χ4n) is 2.50. The molecule has 1 aliphatic heterocycles. The maximum atomic E-state index is 5.86. The third-order valence-electron chi connectivity index (χ3n) is 3.63. The molecule has 116 valence electrons. The molecule has 1 fully saturated rings. The topological polar surface area (TPSA) is 63.2 Å². The highest BCUT2D eigenvalue weighted by Gasteiger charge is 2.17. The van der Waals surface area contributed by atoms with Crippen LogP contribution in [0.2, 0.25) is 0 Å². The molecule has 1 N–H and O–H groups in total. The largest absolute Gasteiger partial charge is 0.475 e. The number of piperazine rings is 1. The van der Waals surface area contributed by atoms with Crippen LogP contribution >= 0.6 is 0 Å². The first-order valence-corrected chi connectivity index (χ1v) is 7.72. The van der Waals surface area contributed by atoms with E-state index in [9.17, 15) is 0 Å². The van der Waals surface area contributed by atoms with Gasteiger partial charge < -0.3 is 15.0 Å². The summed E-state index contributed by atoms with van der Waals surface area (Å²) in [7, 11) is 0. The van der Waals surface area contributed by atoms with Crippen molar-refractivity contribution in [2.45, 2.75) is 12.8 Å². The molecule has 0 bridgehead atoms. The smallest absolute Gasteiger partial charge is 0.257 e. The molecule has 0 spiro atoms. The van der Waals surface area contributed by atoms with Gasteiger partial charge in [-0.2, -0.15) is 0 Å². The first-order chi connectivity index (χ1) is 10.9. The van der Waals surface area contributed by atoms with Gasteiger partial charge in [-0.15, -0.1) is 0 Å². The lowest BCUT2D eigenvalue weighted by atomic mass is 10.2. The zero-order valence-corrected chi connectivity index (χ0v) is 12.6. The Bertz CT molecular complexity index is 572. The van der Waals surface area contributed by atoms with Gasteiger partial charge in [-0.1, -0.05) is 6.07 Å². The average molecular weight is 299 g/mol. The summed E-state index contributed by atoms with van der Waals surface area (Å²) in [6.45, 7) is 4.44. The van der Waals surface area contributed by atoms with Crippen LogP contribution in [0.4, 0.5) is 5.82 Å². The van der Waals surface area contributed by atoms with Gasteiger partial charge in [0.15, 0.2) is 5.82 Å². The van der Waals surface area contributed by atoms with Gasteiger partial charge in [-0.05, 0) is 24.5 Å². The molecule has 1 saturated heterocycles. The number of hydrogen-bond acceptors (Lipinski definition) is 6. The van der Waals surface area contributed by atoms with Crippen LogP contribution in [0.5, 0.6) is 5.88 Å². The van der Waals surface area contributed by atoms with E-state index in [-0.39, 0.29) is 0 Å². The number of rotatable bonds is 6. The van der Waals surface area contributed by atoms with Crippen LogP contribution < -0.4 is 15.0 Å². The number of pyridine rings is 1. The van der Waals surface area contributed by atoms with Crippen molar-refractivity contribution < 1.29 is 4.74 Å². The lowest BCUT2D eigenvalue weighted by Gasteiger charge is -2.28. The molecule has 3 rings (SSSR count). The summed E-state index contributed by atoms with van der Waals surface area (Å²) in [6.07, 6.45) is 8.98. The van der Waals surface area contributed by atoms with Crippen LogP contribution in [0.15, 0.2) is 36.9 Å². The van der Waals surface area contributed by atoms with Crippen molar-refractivity contribution in [3.8, 4) is 5.88 Å². The highest BCUT2D eigenvalue weighted by atomic mass is 16.5. The van der Waals surface area contributed by atoms with E-state index in [1.165, 1.54) is 5.56 Å². The Morgan fingerprint density at radius 3 is 2.82 bits per heavy atom. The molecule has 6 nitrogen and oxygen atoms in total. The SMILES string of the molecule is c1cncc(CCCOc2nccnc2N2CCNCC2)c1. The molecular weight excluding hydrogens is 278 g/mol. The minimum absolute atomic E-state index is 0.632. The summed E-state index contributed by atoms with van der Waals surface area (Å²) in [5.74, 6) is 1.49. The quantitative estimate of drug-likeness (QED) is 0.811. The molecular formula is C16H21N5O. The van der Waals surface area contributed by atoms with Crippen molar-refractivity contribution in [3.05, 3.63) is 42.5 Å². The van der Waals surface area contributed by atoms with Crippen LogP contribution in [0.1, 0.15) is 12.0 Å². The standard InChI is InChI=1S/C16H21N5O/c1-3-14(13-18-5-1)4-2-12-22-16-15(19-6-7-20-16)21-10-8-17-9-11-21/h1,3,5-7,13,17H,2,4,8-12H2. The number of aromatic nitrogens is 3. The van der Waals surface area contributed by atoms with Crippen LogP contribution in [0.3, 0.4) is 0 Å². The molecule has 0 saturated carbocycles. The van der Waals surface area contributed by atoms with E-state index in [0.717, 1.165) is 44.8 Å². The third-order valence-corrected chi connectivity index (χ3v) is 3.63. The Balaban J connectivity index is 1.53. The van der Waals surface area contributed by atoms with Crippen molar-refractivity contribution in [1.29, 1.82) is 0 Å². The van der Waals surface area contributed by atoms with Gasteiger partial charge in [0, 0.05) is 51.0 Å². The van der Waals surface area contributed by atoms with E-state index < -0.39 is 0 Å². The Kier molecular flexibility index (Phi) is 5.15. The first-order valence-electron chi connectivity index (χ1n) is 7.72. The van der Waals surface area contributed by atoms with Gasteiger partial charge in [0.25, 0.3) is 5.88 Å². The molecule has 0 amide bonds. The van der Waals surface area contributed by atoms with Gasteiger partial charge in [0.2, 0.25) is 0 Å². The Hall–Kier alpha value is -2.21. The predicted octanol–water partition coefficient (Wildman–Crippen LogP) is 1.29. The lowest BCUT2D eigenvalue weighted by Crippen LogP contribution is -2.44. The second-order valence-electron chi connectivity index (χ2n) is 5.24. The molecule has 6 heteroatoms. The molecule has 2 aromatic rings. The van der Waals surface area contributed by atoms with E-state index in [2.05, 4.69) is 31.2 Å². The van der Waals surface area contributed by atoms with Gasteiger partial charge >= 0.3 is 0 Å². The van der Waals surface area contributed by atoms with Crippen molar-refractivity contribution in [3.63, 3.8) is 0 Å². The number of nitrogens with zero attached hydrogens (tertiary/aromatic N) is 4. The van der Waals surface area contributed by atoms with Crippen LogP contribution in [0.25, 0.3) is 0 Å². The number of hydrogen-bond donors (Lipinski definition) is 1. The van der Waals surface area contributed by atoms with Crippen LogP contribution in [-0.4, -0.2) is 47.7 Å². The Morgan fingerprint density at radius 1 is 1.14 bits per heavy atom. The molecule has 22 heavy (non-hydrogen) atoms. The van der Waals surface area contributed by atoms with E-state index in [1.807, 2.05) is 12.3 Å². The summed E-state index contributed by atoms with van der Waals surface area (Å²) in [5.41, 5.74) is 1.23. The lowest BCUT2D eigenvalue weighted by molar-refractivity contribution is 0.298. The third kappa shape index (κ3) is 3.92. The predicted molar refractivity (Wildman–Crippen MR) is 85.2 cm³/mol. The zero-order valence-electron chi connectivity index (χ0n) is 12.6. The minimum Gasteiger partial charge on any atom is -0.475 e. The molecule has 3 heterocycles. The monoisotopic (exact) mass is 299 g/mol. The van der Waals surface area contributed by atoms with Crippen LogP contribution in [0, 0.1) is 0 Å². The Labute approximate surface area is 130 Å². The number of aryl methyl sites for hydroxylation is 1. The van der Waals surface area contributed by atoms with E-state index in [0.29, 0.717) is 12.5 Å². The summed E-state index contributed by atoms with van der Waals surface area (Å²) < 4.78 is 5.86. The normalized spacial score (nSPS) is 14.8. The molecule has 0 aliphatic carbocycles. The number of anilines is 1. The van der Waals surface area contributed by atoms with Crippen molar-refractivity contribution in [2.75, 3.05) is 37.7 Å². The van der Waals surface area contributed by atoms with Gasteiger partial charge in [0.1, 0.15) is 0 Å². The highest BCUT2D eigenvalue weighted by molar-refractivity contribution is 5.48. The van der Waals surface area contributed by atoms with Gasteiger partial charge in [-0.3, -0.25) is 4.98 Å². The molecule has 0 radical (unpaired) electrons. The maximum Gasteiger partial charge on any atom is 0.257 e. The van der Waals surface area contributed by atoms with Crippen LogP contribution in [-0.2, 0) is 6.42 Å². The first kappa shape index (κ1) is 14.7. The van der Waals surface area contributed by atoms with E-state index in [4.69, 9.17) is 4.74 Å². The van der Waals surface area contributed by atoms with Gasteiger partial charge in [0.05, 0.1) is 6.61 Å². The fraction of sp³-hybridized carbons (Fsp3) is 0.438. The number of nitrogens with one attached hydrogen (secondary N) is 1. The van der Waals surface area contributed by atoms with Gasteiger partial charge in [-0.25, -0.2) is 9.97 Å². The van der Waals surface area contributed by atoms with E-state index >= 15 is 0 Å². The molecule has 1 aliphatic rings. The summed E-state index contributed by atoms with van der Waals surface area (Å²) in [5, 5.41) is 3.34. The highest BCUT2D eigenvalue weighted by Crippen LogP contribution is 2.22. The average Bonchev–Trinajstić information content (AvgIpc) is 2.61. The zero-order chi connectivity index (χ0) is 15.0. The van der Waals surface area contributed by atoms with Crippen molar-refractivity contribution in [1.82, 2.24) is 20.3 Å². The van der Waals surface area contributed by atoms with Crippen molar-refractivity contribution >= 4 is 5.82 Å². The minimum atomic E-state index is 0.632. The summed E-state index contributed by atoms with van der Waals surface area (Å²) in [6, 6.07) is 4.04. The maximum absolute atomic E-state index is 5.86. The second-order valence-corrected chi connectivity index (χ2v) is 5.24. The second kappa shape index (κ2) is 7.70. The van der Waals surface area contributed by atoms with Crippen molar-refractivity contribution in [2.24, 2.45) is 0 Å². The van der Waals surface area contributed by atoms with E-state index in [1.54, 1.807) is 18.6 Å². The Morgan fingerprint density at radius 2 is 2.00 bits per heavy atom. The molecule has 0 atom stereocenters. The summed E-state index contributed by atoms with van der Waals surface area (Å²) >= 11 is 0.